The highest BCUT2D eigenvalue weighted by Crippen LogP contribution is 2.39. The van der Waals surface area contributed by atoms with Crippen molar-refractivity contribution in [3.63, 3.8) is 0 Å². The second-order valence-corrected chi connectivity index (χ2v) is 9.39. The molecule has 0 aliphatic heterocycles. The second kappa shape index (κ2) is 8.37. The average molecular weight is 292 g/mol. The standard InChI is InChI=1S/C14H33NO3Si/c1-7-12(16)13(10-14(4,5)11-15)19(6,17-8-2)18-9-3/h12-13,16H,7-11,15H2,1-6H3. The minimum Gasteiger partial charge on any atom is -0.394 e. The van der Waals surface area contributed by atoms with E-state index in [4.69, 9.17) is 14.6 Å². The normalized spacial score (nSPS) is 16.4. The Bertz CT molecular complexity index is 243. The summed E-state index contributed by atoms with van der Waals surface area (Å²) in [6.07, 6.45) is 1.16. The fraction of sp³-hybridized carbons (Fsp3) is 1.00. The third kappa shape index (κ3) is 5.91. The van der Waals surface area contributed by atoms with Gasteiger partial charge in [-0.15, -0.1) is 0 Å². The quantitative estimate of drug-likeness (QED) is 0.607. The van der Waals surface area contributed by atoms with Crippen LogP contribution in [0.2, 0.25) is 12.1 Å². The molecule has 2 unspecified atom stereocenters. The zero-order chi connectivity index (χ0) is 15.1. The summed E-state index contributed by atoms with van der Waals surface area (Å²) in [5.41, 5.74) is 5.88. The first kappa shape index (κ1) is 19.1. The van der Waals surface area contributed by atoms with Crippen LogP contribution in [0.4, 0.5) is 0 Å². The van der Waals surface area contributed by atoms with Crippen molar-refractivity contribution < 1.29 is 14.0 Å². The molecule has 4 nitrogen and oxygen atoms in total. The highest BCUT2D eigenvalue weighted by Gasteiger charge is 2.46. The first-order valence-corrected chi connectivity index (χ1v) is 9.81. The Labute approximate surface area is 119 Å². The van der Waals surface area contributed by atoms with E-state index in [-0.39, 0.29) is 17.1 Å². The fourth-order valence-corrected chi connectivity index (χ4v) is 5.98. The molecular formula is C14H33NO3Si. The van der Waals surface area contributed by atoms with Crippen LogP contribution < -0.4 is 5.73 Å². The zero-order valence-corrected chi connectivity index (χ0v) is 14.5. The number of aliphatic hydroxyl groups excluding tert-OH is 1. The van der Waals surface area contributed by atoms with Crippen molar-refractivity contribution in [3.8, 4) is 0 Å². The van der Waals surface area contributed by atoms with Gasteiger partial charge in [-0.05, 0) is 45.2 Å². The molecule has 3 N–H and O–H groups in total. The molecule has 0 aliphatic rings. The largest absolute Gasteiger partial charge is 0.394 e. The summed E-state index contributed by atoms with van der Waals surface area (Å²) < 4.78 is 11.9. The maximum atomic E-state index is 10.4. The van der Waals surface area contributed by atoms with Crippen LogP contribution >= 0.6 is 0 Å². The minimum absolute atomic E-state index is 0.0106. The van der Waals surface area contributed by atoms with E-state index in [9.17, 15) is 5.11 Å². The summed E-state index contributed by atoms with van der Waals surface area (Å²) >= 11 is 0. The van der Waals surface area contributed by atoms with Crippen LogP contribution in [0.1, 0.15) is 47.5 Å². The lowest BCUT2D eigenvalue weighted by molar-refractivity contribution is 0.0940. The summed E-state index contributed by atoms with van der Waals surface area (Å²) in [6.45, 7) is 14.1. The van der Waals surface area contributed by atoms with Gasteiger partial charge in [0.25, 0.3) is 0 Å². The third-order valence-electron chi connectivity index (χ3n) is 3.74. The molecule has 0 saturated carbocycles. The van der Waals surface area contributed by atoms with Crippen molar-refractivity contribution in [2.24, 2.45) is 11.1 Å². The highest BCUT2D eigenvalue weighted by molar-refractivity contribution is 6.67. The first-order chi connectivity index (χ1) is 8.76. The highest BCUT2D eigenvalue weighted by atomic mass is 28.4. The number of hydrogen-bond acceptors (Lipinski definition) is 4. The van der Waals surface area contributed by atoms with Gasteiger partial charge < -0.3 is 19.7 Å². The van der Waals surface area contributed by atoms with Crippen LogP contribution in [0.3, 0.4) is 0 Å². The molecule has 0 amide bonds. The predicted octanol–water partition coefficient (Wildman–Crippen LogP) is 2.65. The molecule has 0 aromatic heterocycles. The Kier molecular flexibility index (Phi) is 8.39. The van der Waals surface area contributed by atoms with Gasteiger partial charge in [-0.1, -0.05) is 20.8 Å². The van der Waals surface area contributed by atoms with E-state index < -0.39 is 8.56 Å². The lowest BCUT2D eigenvalue weighted by Crippen LogP contribution is -2.50. The van der Waals surface area contributed by atoms with E-state index >= 15 is 0 Å². The van der Waals surface area contributed by atoms with Crippen LogP contribution in [-0.2, 0) is 8.85 Å². The third-order valence-corrected chi connectivity index (χ3v) is 7.40. The van der Waals surface area contributed by atoms with Gasteiger partial charge in [0.2, 0.25) is 0 Å². The SMILES string of the molecule is CCO[Si](C)(OCC)C(CC(C)(C)CN)C(O)CC. The minimum atomic E-state index is -2.39. The monoisotopic (exact) mass is 291 g/mol. The Morgan fingerprint density at radius 3 is 1.95 bits per heavy atom. The fourth-order valence-electron chi connectivity index (χ4n) is 2.46. The van der Waals surface area contributed by atoms with Crippen LogP contribution in [0.5, 0.6) is 0 Å². The van der Waals surface area contributed by atoms with E-state index in [1.54, 1.807) is 0 Å². The molecule has 0 saturated heterocycles. The van der Waals surface area contributed by atoms with E-state index in [1.807, 2.05) is 20.8 Å². The molecule has 0 spiro atoms. The van der Waals surface area contributed by atoms with Crippen LogP contribution in [-0.4, -0.2) is 39.5 Å². The molecule has 2 atom stereocenters. The van der Waals surface area contributed by atoms with Crippen molar-refractivity contribution in [3.05, 3.63) is 0 Å². The predicted molar refractivity (Wildman–Crippen MR) is 82.4 cm³/mol. The van der Waals surface area contributed by atoms with Gasteiger partial charge in [0.05, 0.1) is 6.10 Å². The lowest BCUT2D eigenvalue weighted by atomic mass is 9.86. The summed E-state index contributed by atoms with van der Waals surface area (Å²) in [4.78, 5) is 0. The Balaban J connectivity index is 5.18. The Hall–Kier alpha value is 0.0569. The van der Waals surface area contributed by atoms with E-state index in [0.29, 0.717) is 26.2 Å². The molecule has 0 aromatic rings. The molecule has 0 aromatic carbocycles. The maximum Gasteiger partial charge on any atom is 0.340 e. The summed E-state index contributed by atoms with van der Waals surface area (Å²) in [6, 6.07) is 0. The van der Waals surface area contributed by atoms with Gasteiger partial charge >= 0.3 is 8.56 Å². The first-order valence-electron chi connectivity index (χ1n) is 7.42. The molecule has 0 rings (SSSR count). The van der Waals surface area contributed by atoms with Crippen molar-refractivity contribution in [2.75, 3.05) is 19.8 Å². The maximum absolute atomic E-state index is 10.4. The molecule has 116 valence electrons. The molecule has 0 radical (unpaired) electrons. The molecule has 0 fully saturated rings. The molecule has 19 heavy (non-hydrogen) atoms. The van der Waals surface area contributed by atoms with Crippen LogP contribution in [0, 0.1) is 5.41 Å². The van der Waals surface area contributed by atoms with Gasteiger partial charge in [-0.3, -0.25) is 0 Å². The van der Waals surface area contributed by atoms with Gasteiger partial charge in [0, 0.05) is 18.8 Å². The molecule has 0 heterocycles. The topological polar surface area (TPSA) is 64.7 Å². The van der Waals surface area contributed by atoms with Gasteiger partial charge in [0.15, 0.2) is 0 Å². The van der Waals surface area contributed by atoms with Crippen molar-refractivity contribution in [2.45, 2.75) is 65.7 Å². The van der Waals surface area contributed by atoms with E-state index in [0.717, 1.165) is 6.42 Å². The number of aliphatic hydroxyl groups is 1. The smallest absolute Gasteiger partial charge is 0.340 e. The van der Waals surface area contributed by atoms with Crippen molar-refractivity contribution in [1.82, 2.24) is 0 Å². The zero-order valence-electron chi connectivity index (χ0n) is 13.5. The lowest BCUT2D eigenvalue weighted by Gasteiger charge is -2.40. The van der Waals surface area contributed by atoms with Crippen LogP contribution in [0.15, 0.2) is 0 Å². The van der Waals surface area contributed by atoms with E-state index in [2.05, 4.69) is 20.4 Å². The molecule has 0 aliphatic carbocycles. The number of rotatable bonds is 10. The van der Waals surface area contributed by atoms with Crippen molar-refractivity contribution >= 4 is 8.56 Å². The molecule has 5 heteroatoms. The number of hydrogen-bond donors (Lipinski definition) is 2. The summed E-state index contributed by atoms with van der Waals surface area (Å²) in [5, 5.41) is 10.4. The van der Waals surface area contributed by atoms with Gasteiger partial charge in [0.1, 0.15) is 0 Å². The summed E-state index contributed by atoms with van der Waals surface area (Å²) in [7, 11) is -2.39. The second-order valence-electron chi connectivity index (χ2n) is 6.04. The van der Waals surface area contributed by atoms with Crippen molar-refractivity contribution in [1.29, 1.82) is 0 Å². The van der Waals surface area contributed by atoms with Gasteiger partial charge in [-0.25, -0.2) is 0 Å². The van der Waals surface area contributed by atoms with Crippen LogP contribution in [0.25, 0.3) is 0 Å². The summed E-state index contributed by atoms with van der Waals surface area (Å²) in [5.74, 6) is 0. The number of nitrogens with two attached hydrogens (primary N) is 1. The Morgan fingerprint density at radius 1 is 1.16 bits per heavy atom. The van der Waals surface area contributed by atoms with E-state index in [1.165, 1.54) is 0 Å². The Morgan fingerprint density at radius 2 is 1.63 bits per heavy atom. The molecule has 0 bridgehead atoms. The molecular weight excluding hydrogens is 258 g/mol. The average Bonchev–Trinajstić information content (AvgIpc) is 2.35. The van der Waals surface area contributed by atoms with Gasteiger partial charge in [-0.2, -0.15) is 0 Å².